The van der Waals surface area contributed by atoms with Gasteiger partial charge in [-0.05, 0) is 0 Å². The summed E-state index contributed by atoms with van der Waals surface area (Å²) in [5, 5.41) is 0. The molecule has 0 aliphatic rings. The van der Waals surface area contributed by atoms with E-state index in [0.717, 1.165) is 0 Å². The minimum absolute atomic E-state index is 2.94. The second-order valence-electron chi connectivity index (χ2n) is 4.61. The molecule has 0 bridgehead atoms. The molecule has 0 aliphatic carbocycles. The molecular weight excluding hydrogens is 412 g/mol. The highest BCUT2D eigenvalue weighted by molar-refractivity contribution is 5.10. The first-order valence-electron chi connectivity index (χ1n) is 5.48. The van der Waals surface area contributed by atoms with Crippen LogP contribution in [0.5, 0.6) is 0 Å². The first-order valence-corrected chi connectivity index (χ1v) is 5.48. The average Bonchev–Trinajstić information content (AvgIpc) is 2.33. The summed E-state index contributed by atoms with van der Waals surface area (Å²) >= 11 is 0. The van der Waals surface area contributed by atoms with Crippen LogP contribution in [0.2, 0.25) is 0 Å². The molecule has 0 fully saturated rings. The second-order valence-corrected chi connectivity index (χ2v) is 4.61. The van der Waals surface area contributed by atoms with E-state index < -0.39 is 54.8 Å². The summed E-state index contributed by atoms with van der Waals surface area (Å²) in [6.07, 6.45) is -19.4. The van der Waals surface area contributed by atoms with Gasteiger partial charge in [0.05, 0.1) is 0 Å². The minimum Gasteiger partial charge on any atom is -0.200 e. The highest BCUT2D eigenvalue weighted by Crippen LogP contribution is 2.60. The van der Waals surface area contributed by atoms with Crippen molar-refractivity contribution in [1.82, 2.24) is 0 Å². The Kier molecular flexibility index (Phi) is 5.69. The van der Waals surface area contributed by atoms with Gasteiger partial charge in [0.25, 0.3) is 0 Å². The van der Waals surface area contributed by atoms with Gasteiger partial charge >= 0.3 is 42.0 Å². The van der Waals surface area contributed by atoms with Crippen molar-refractivity contribution in [2.75, 3.05) is 0 Å². The van der Waals surface area contributed by atoms with Crippen molar-refractivity contribution in [3.8, 4) is 0 Å². The van der Waals surface area contributed by atoms with E-state index in [2.05, 4.69) is 0 Å². The molecule has 25 heavy (non-hydrogen) atoms. The fraction of sp³-hybridized carbons (Fsp3) is 1.00. The summed E-state index contributed by atoms with van der Waals surface area (Å²) in [7, 11) is 0. The molecule has 0 saturated carbocycles. The topological polar surface area (TPSA) is 0 Å². The Balaban J connectivity index is 6.03. The van der Waals surface area contributed by atoms with E-state index in [1.54, 1.807) is 0 Å². The Labute approximate surface area is 126 Å². The standard InChI is InChI=1S/C9H4F16/c10-3(11,1-2-4(12,13)14)5(15,16)6(17,18)7(19,20)8(21,22)9(23,24)25/h1-2H2. The summed E-state index contributed by atoms with van der Waals surface area (Å²) in [5.74, 6) is -38.4. The molecular formula is C9H4F16. The molecule has 0 aromatic rings. The summed E-state index contributed by atoms with van der Waals surface area (Å²) in [4.78, 5) is 0. The van der Waals surface area contributed by atoms with Crippen molar-refractivity contribution in [2.24, 2.45) is 0 Å². The second kappa shape index (κ2) is 5.96. The van der Waals surface area contributed by atoms with Crippen LogP contribution in [0.15, 0.2) is 0 Å². The molecule has 0 heterocycles. The van der Waals surface area contributed by atoms with Crippen molar-refractivity contribution >= 4 is 0 Å². The quantitative estimate of drug-likeness (QED) is 0.462. The smallest absolute Gasteiger partial charge is 0.200 e. The Morgan fingerprint density at radius 3 is 0.960 bits per heavy atom. The number of hydrogen-bond donors (Lipinski definition) is 0. The molecule has 0 nitrogen and oxygen atoms in total. The van der Waals surface area contributed by atoms with E-state index in [1.807, 2.05) is 0 Å². The van der Waals surface area contributed by atoms with Crippen LogP contribution in [0.1, 0.15) is 12.8 Å². The van der Waals surface area contributed by atoms with E-state index in [1.165, 1.54) is 0 Å². The highest BCUT2D eigenvalue weighted by Gasteiger charge is 2.90. The molecule has 0 aliphatic heterocycles. The van der Waals surface area contributed by atoms with Crippen LogP contribution in [-0.4, -0.2) is 42.0 Å². The number of hydrogen-bond acceptors (Lipinski definition) is 0. The lowest BCUT2D eigenvalue weighted by Gasteiger charge is -2.39. The number of rotatable bonds is 6. The molecule has 0 radical (unpaired) electrons. The van der Waals surface area contributed by atoms with Crippen LogP contribution in [-0.2, 0) is 0 Å². The van der Waals surface area contributed by atoms with E-state index in [9.17, 15) is 70.2 Å². The number of alkyl halides is 16. The highest BCUT2D eigenvalue weighted by atomic mass is 19.4. The SMILES string of the molecule is FC(F)(F)CCC(F)(F)C(F)(F)C(F)(F)C(F)(F)C(F)(F)C(F)(F)F. The van der Waals surface area contributed by atoms with Crippen molar-refractivity contribution in [3.63, 3.8) is 0 Å². The molecule has 0 aromatic heterocycles. The van der Waals surface area contributed by atoms with Gasteiger partial charge in [-0.15, -0.1) is 0 Å². The van der Waals surface area contributed by atoms with Crippen LogP contribution in [0.3, 0.4) is 0 Å². The van der Waals surface area contributed by atoms with Gasteiger partial charge in [-0.3, -0.25) is 0 Å². The van der Waals surface area contributed by atoms with Crippen LogP contribution < -0.4 is 0 Å². The Morgan fingerprint density at radius 2 is 0.680 bits per heavy atom. The molecule has 0 amide bonds. The van der Waals surface area contributed by atoms with Crippen LogP contribution in [0, 0.1) is 0 Å². The molecule has 0 unspecified atom stereocenters. The molecule has 16 heteroatoms. The zero-order valence-corrected chi connectivity index (χ0v) is 11.0. The zero-order chi connectivity index (χ0) is 20.9. The lowest BCUT2D eigenvalue weighted by Crippen LogP contribution is -2.70. The maximum absolute atomic E-state index is 12.9. The molecule has 0 N–H and O–H groups in total. The summed E-state index contributed by atoms with van der Waals surface area (Å²) < 4.78 is 198. The van der Waals surface area contributed by atoms with Gasteiger partial charge in [0.1, 0.15) is 0 Å². The third-order valence-electron chi connectivity index (χ3n) is 2.72. The lowest BCUT2D eigenvalue weighted by molar-refractivity contribution is -0.440. The summed E-state index contributed by atoms with van der Waals surface area (Å²) in [6.45, 7) is 0. The summed E-state index contributed by atoms with van der Waals surface area (Å²) in [5.41, 5.74) is 0. The van der Waals surface area contributed by atoms with Gasteiger partial charge in [0.2, 0.25) is 0 Å². The molecule has 0 spiro atoms. The van der Waals surface area contributed by atoms with Crippen LogP contribution >= 0.6 is 0 Å². The first kappa shape index (κ1) is 23.9. The predicted octanol–water partition coefficient (Wildman–Crippen LogP) is 6.07. The summed E-state index contributed by atoms with van der Waals surface area (Å²) in [6, 6.07) is 0. The van der Waals surface area contributed by atoms with E-state index in [-0.39, 0.29) is 0 Å². The van der Waals surface area contributed by atoms with Gasteiger partial charge in [-0.2, -0.15) is 70.2 Å². The number of halogens is 16. The van der Waals surface area contributed by atoms with E-state index >= 15 is 0 Å². The molecule has 0 saturated heterocycles. The predicted molar refractivity (Wildman–Crippen MR) is 46.1 cm³/mol. The lowest BCUT2D eigenvalue weighted by atomic mass is 9.92. The van der Waals surface area contributed by atoms with E-state index in [4.69, 9.17) is 0 Å². The molecule has 0 rings (SSSR count). The maximum atomic E-state index is 12.9. The fourth-order valence-corrected chi connectivity index (χ4v) is 1.26. The molecule has 0 aromatic carbocycles. The largest absolute Gasteiger partial charge is 0.460 e. The van der Waals surface area contributed by atoms with Crippen molar-refractivity contribution in [3.05, 3.63) is 0 Å². The van der Waals surface area contributed by atoms with Gasteiger partial charge < -0.3 is 0 Å². The van der Waals surface area contributed by atoms with E-state index in [0.29, 0.717) is 0 Å². The van der Waals surface area contributed by atoms with Crippen molar-refractivity contribution in [1.29, 1.82) is 0 Å². The van der Waals surface area contributed by atoms with Crippen molar-refractivity contribution in [2.45, 2.75) is 54.8 Å². The average molecular weight is 416 g/mol. The monoisotopic (exact) mass is 416 g/mol. The van der Waals surface area contributed by atoms with Crippen LogP contribution in [0.4, 0.5) is 70.2 Å². The molecule has 0 atom stereocenters. The fourth-order valence-electron chi connectivity index (χ4n) is 1.26. The van der Waals surface area contributed by atoms with Gasteiger partial charge in [-0.25, -0.2) is 0 Å². The van der Waals surface area contributed by atoms with Gasteiger partial charge in [-0.1, -0.05) is 0 Å². The zero-order valence-electron chi connectivity index (χ0n) is 11.0. The third kappa shape index (κ3) is 3.85. The Morgan fingerprint density at radius 1 is 0.360 bits per heavy atom. The Hall–Kier alpha value is -1.12. The third-order valence-corrected chi connectivity index (χ3v) is 2.72. The van der Waals surface area contributed by atoms with Crippen molar-refractivity contribution < 1.29 is 70.2 Å². The van der Waals surface area contributed by atoms with Gasteiger partial charge in [0, 0.05) is 12.8 Å². The first-order chi connectivity index (χ1) is 10.5. The maximum Gasteiger partial charge on any atom is 0.460 e. The minimum atomic E-state index is -8.11. The Bertz CT molecular complexity index is 465. The molecule has 152 valence electrons. The normalized spacial score (nSPS) is 16.3. The van der Waals surface area contributed by atoms with Crippen LogP contribution in [0.25, 0.3) is 0 Å². The van der Waals surface area contributed by atoms with Gasteiger partial charge in [0.15, 0.2) is 0 Å².